The molecule has 126 valence electrons. The molecule has 0 spiro atoms. The number of aryl methyl sites for hydroxylation is 2. The van der Waals surface area contributed by atoms with Crippen LogP contribution in [0.5, 0.6) is 0 Å². The minimum Gasteiger partial charge on any atom is -0.332 e. The van der Waals surface area contributed by atoms with Crippen molar-refractivity contribution in [3.8, 4) is 0 Å². The summed E-state index contributed by atoms with van der Waals surface area (Å²) in [6, 6.07) is 6.65. The van der Waals surface area contributed by atoms with E-state index in [1.54, 1.807) is 0 Å². The van der Waals surface area contributed by atoms with Gasteiger partial charge in [-0.25, -0.2) is 0 Å². The van der Waals surface area contributed by atoms with E-state index in [0.717, 1.165) is 30.9 Å². The van der Waals surface area contributed by atoms with Crippen molar-refractivity contribution in [3.63, 3.8) is 0 Å². The van der Waals surface area contributed by atoms with Crippen molar-refractivity contribution < 1.29 is 4.79 Å². The minimum absolute atomic E-state index is 0.254. The van der Waals surface area contributed by atoms with Gasteiger partial charge in [0.05, 0.1) is 18.4 Å². The molecule has 2 aliphatic heterocycles. The van der Waals surface area contributed by atoms with Gasteiger partial charge < -0.3 is 4.90 Å². The maximum atomic E-state index is 12.5. The predicted octanol–water partition coefficient (Wildman–Crippen LogP) is 1.50. The minimum atomic E-state index is 0.254. The van der Waals surface area contributed by atoms with Gasteiger partial charge in [-0.1, -0.05) is 6.07 Å². The number of rotatable bonds is 4. The second kappa shape index (κ2) is 6.02. The Morgan fingerprint density at radius 1 is 1.25 bits per heavy atom. The monoisotopic (exact) mass is 325 g/mol. The van der Waals surface area contributed by atoms with E-state index in [2.05, 4.69) is 21.2 Å². The number of amides is 1. The van der Waals surface area contributed by atoms with Gasteiger partial charge in [0.1, 0.15) is 0 Å². The maximum absolute atomic E-state index is 12.5. The van der Waals surface area contributed by atoms with Gasteiger partial charge in [0.15, 0.2) is 0 Å². The summed E-state index contributed by atoms with van der Waals surface area (Å²) in [5, 5.41) is 4.24. The predicted molar refractivity (Wildman–Crippen MR) is 90.0 cm³/mol. The topological polar surface area (TPSA) is 54.3 Å². The third-order valence-corrected chi connectivity index (χ3v) is 5.15. The van der Waals surface area contributed by atoms with Crippen molar-refractivity contribution >= 4 is 5.91 Å². The van der Waals surface area contributed by atoms with Crippen molar-refractivity contribution in [2.75, 3.05) is 6.54 Å². The summed E-state index contributed by atoms with van der Waals surface area (Å²) < 4.78 is 1.83. The van der Waals surface area contributed by atoms with E-state index in [0.29, 0.717) is 25.0 Å². The molecule has 2 saturated heterocycles. The van der Waals surface area contributed by atoms with Gasteiger partial charge in [0, 0.05) is 56.1 Å². The van der Waals surface area contributed by atoms with Gasteiger partial charge >= 0.3 is 0 Å². The zero-order chi connectivity index (χ0) is 16.7. The van der Waals surface area contributed by atoms with Crippen LogP contribution in [0, 0.1) is 6.92 Å². The van der Waals surface area contributed by atoms with Gasteiger partial charge in [-0.05, 0) is 25.5 Å². The number of nitrogens with zero attached hydrogens (tertiary/aromatic N) is 5. The van der Waals surface area contributed by atoms with Crippen molar-refractivity contribution in [2.24, 2.45) is 7.05 Å². The van der Waals surface area contributed by atoms with Gasteiger partial charge in [0.2, 0.25) is 5.91 Å². The number of likely N-dealkylation sites (tertiary alicyclic amines) is 2. The smallest absolute Gasteiger partial charge is 0.224 e. The van der Waals surface area contributed by atoms with Crippen LogP contribution in [0.25, 0.3) is 0 Å². The number of pyridine rings is 1. The third-order valence-electron chi connectivity index (χ3n) is 5.15. The molecule has 0 aliphatic carbocycles. The van der Waals surface area contributed by atoms with Crippen molar-refractivity contribution in [3.05, 3.63) is 47.5 Å². The summed E-state index contributed by atoms with van der Waals surface area (Å²) in [5.74, 6) is 0.254. The fourth-order valence-corrected chi connectivity index (χ4v) is 4.06. The second-order valence-electron chi connectivity index (χ2n) is 6.91. The lowest BCUT2D eigenvalue weighted by Gasteiger charge is -2.25. The Balaban J connectivity index is 1.47. The Morgan fingerprint density at radius 2 is 2.12 bits per heavy atom. The molecule has 0 saturated carbocycles. The Hall–Kier alpha value is -2.21. The summed E-state index contributed by atoms with van der Waals surface area (Å²) in [6.45, 7) is 4.53. The SMILES string of the molecule is Cc1cccc(CN2C(=O)C[C@H]3[C@@H]2CCN3Cc2cnn(C)c2)n1. The fourth-order valence-electron chi connectivity index (χ4n) is 4.06. The molecule has 0 N–H and O–H groups in total. The zero-order valence-electron chi connectivity index (χ0n) is 14.2. The molecular weight excluding hydrogens is 302 g/mol. The second-order valence-corrected chi connectivity index (χ2v) is 6.91. The lowest BCUT2D eigenvalue weighted by Crippen LogP contribution is -2.36. The first-order valence-electron chi connectivity index (χ1n) is 8.54. The number of aromatic nitrogens is 3. The third kappa shape index (κ3) is 2.82. The van der Waals surface area contributed by atoms with Crippen molar-refractivity contribution in [2.45, 2.75) is 44.9 Å². The van der Waals surface area contributed by atoms with Crippen LogP contribution in [0.1, 0.15) is 29.8 Å². The molecule has 6 nitrogen and oxygen atoms in total. The van der Waals surface area contributed by atoms with Gasteiger partial charge in [-0.3, -0.25) is 19.4 Å². The molecule has 4 heterocycles. The van der Waals surface area contributed by atoms with E-state index >= 15 is 0 Å². The summed E-state index contributed by atoms with van der Waals surface area (Å²) in [6.07, 6.45) is 5.64. The quantitative estimate of drug-likeness (QED) is 0.855. The zero-order valence-corrected chi connectivity index (χ0v) is 14.2. The van der Waals surface area contributed by atoms with Gasteiger partial charge in [-0.15, -0.1) is 0 Å². The number of fused-ring (bicyclic) bond motifs is 1. The van der Waals surface area contributed by atoms with Crippen molar-refractivity contribution in [1.82, 2.24) is 24.6 Å². The molecule has 24 heavy (non-hydrogen) atoms. The van der Waals surface area contributed by atoms with E-state index in [4.69, 9.17) is 0 Å². The average molecular weight is 325 g/mol. The van der Waals surface area contributed by atoms with Gasteiger partial charge in [-0.2, -0.15) is 5.10 Å². The molecule has 0 bridgehead atoms. The fraction of sp³-hybridized carbons (Fsp3) is 0.500. The molecule has 2 aromatic heterocycles. The highest BCUT2D eigenvalue weighted by Gasteiger charge is 2.46. The molecule has 2 aliphatic rings. The molecule has 0 radical (unpaired) electrons. The summed E-state index contributed by atoms with van der Waals surface area (Å²) in [5.41, 5.74) is 3.19. The average Bonchev–Trinajstić information content (AvgIpc) is 3.20. The highest BCUT2D eigenvalue weighted by molar-refractivity contribution is 5.80. The molecule has 2 fully saturated rings. The number of hydrogen-bond acceptors (Lipinski definition) is 4. The Bertz CT molecular complexity index is 755. The normalized spacial score (nSPS) is 23.9. The van der Waals surface area contributed by atoms with Crippen LogP contribution in [0.15, 0.2) is 30.6 Å². The lowest BCUT2D eigenvalue weighted by molar-refractivity contribution is -0.129. The Kier molecular flexibility index (Phi) is 3.84. The summed E-state index contributed by atoms with van der Waals surface area (Å²) in [4.78, 5) is 21.6. The van der Waals surface area contributed by atoms with Crippen LogP contribution in [-0.4, -0.2) is 49.1 Å². The summed E-state index contributed by atoms with van der Waals surface area (Å²) in [7, 11) is 1.94. The van der Waals surface area contributed by atoms with E-state index in [9.17, 15) is 4.79 Å². The van der Waals surface area contributed by atoms with Crippen LogP contribution in [0.3, 0.4) is 0 Å². The number of carbonyl (C=O) groups is 1. The van der Waals surface area contributed by atoms with Crippen LogP contribution < -0.4 is 0 Å². The Morgan fingerprint density at radius 3 is 2.88 bits per heavy atom. The van der Waals surface area contributed by atoms with E-state index in [1.165, 1.54) is 5.56 Å². The molecule has 2 atom stereocenters. The summed E-state index contributed by atoms with van der Waals surface area (Å²) >= 11 is 0. The first kappa shape index (κ1) is 15.3. The highest BCUT2D eigenvalue weighted by atomic mass is 16.2. The molecule has 4 rings (SSSR count). The molecule has 0 unspecified atom stereocenters. The van der Waals surface area contributed by atoms with Gasteiger partial charge in [0.25, 0.3) is 0 Å². The first-order chi connectivity index (χ1) is 11.6. The number of hydrogen-bond donors (Lipinski definition) is 0. The van der Waals surface area contributed by atoms with Crippen LogP contribution in [0.4, 0.5) is 0 Å². The molecule has 2 aromatic rings. The van der Waals surface area contributed by atoms with E-state index < -0.39 is 0 Å². The standard InChI is InChI=1S/C18H23N5O/c1-13-4-3-5-15(20-13)12-23-16-6-7-22(17(16)8-18(23)24)11-14-9-19-21(2)10-14/h3-5,9-10,16-17H,6-8,11-12H2,1-2H3/t16-,17-/m0/s1. The number of carbonyl (C=O) groups excluding carboxylic acids is 1. The van der Waals surface area contributed by atoms with Crippen LogP contribution in [-0.2, 0) is 24.9 Å². The maximum Gasteiger partial charge on any atom is 0.224 e. The molecule has 1 amide bonds. The van der Waals surface area contributed by atoms with Crippen LogP contribution in [0.2, 0.25) is 0 Å². The largest absolute Gasteiger partial charge is 0.332 e. The van der Waals surface area contributed by atoms with E-state index in [-0.39, 0.29) is 5.91 Å². The first-order valence-corrected chi connectivity index (χ1v) is 8.54. The van der Waals surface area contributed by atoms with Crippen molar-refractivity contribution in [1.29, 1.82) is 0 Å². The molecular formula is C18H23N5O. The van der Waals surface area contributed by atoms with Crippen LogP contribution >= 0.6 is 0 Å². The lowest BCUT2D eigenvalue weighted by atomic mass is 10.1. The molecule has 6 heteroatoms. The molecule has 0 aromatic carbocycles. The highest BCUT2D eigenvalue weighted by Crippen LogP contribution is 2.34. The van der Waals surface area contributed by atoms with E-state index in [1.807, 2.05) is 47.9 Å². The Labute approximate surface area is 142 Å².